The first kappa shape index (κ1) is 17.7. The van der Waals surface area contributed by atoms with E-state index in [-0.39, 0.29) is 31.1 Å². The smallest absolute Gasteiger partial charge is 0.405 e. The number of carbonyl (C=O) groups is 3. The van der Waals surface area contributed by atoms with Gasteiger partial charge in [-0.3, -0.25) is 14.8 Å². The average molecular weight is 317 g/mol. The molecular formula is C13H19NO8. The SMILES string of the molecule is CCOC(=O)C[C@@H]1C(C(=O)OCC)=[N+]([O-])O[C@H]1C(=O)OCC. The van der Waals surface area contributed by atoms with Crippen LogP contribution >= 0.6 is 0 Å². The molecule has 22 heavy (non-hydrogen) atoms. The Hall–Kier alpha value is -2.32. The molecule has 124 valence electrons. The number of rotatable bonds is 7. The maximum absolute atomic E-state index is 11.8. The normalized spacial score (nSPS) is 20.3. The number of hydrogen-bond donors (Lipinski definition) is 0. The zero-order valence-electron chi connectivity index (χ0n) is 12.7. The van der Waals surface area contributed by atoms with Crippen molar-refractivity contribution in [2.75, 3.05) is 19.8 Å². The first-order valence-corrected chi connectivity index (χ1v) is 6.96. The monoisotopic (exact) mass is 317 g/mol. The van der Waals surface area contributed by atoms with Gasteiger partial charge in [-0.25, -0.2) is 4.79 Å². The molecule has 0 spiro atoms. The van der Waals surface area contributed by atoms with Crippen LogP contribution in [0.4, 0.5) is 0 Å². The van der Waals surface area contributed by atoms with E-state index in [1.807, 2.05) is 0 Å². The van der Waals surface area contributed by atoms with Gasteiger partial charge in [0.25, 0.3) is 0 Å². The summed E-state index contributed by atoms with van der Waals surface area (Å²) < 4.78 is 14.3. The largest absolute Gasteiger partial charge is 0.466 e. The van der Waals surface area contributed by atoms with Crippen molar-refractivity contribution in [1.82, 2.24) is 0 Å². The lowest BCUT2D eigenvalue weighted by molar-refractivity contribution is -0.737. The number of esters is 3. The number of nitrogens with zero attached hydrogens (tertiary/aromatic N) is 1. The van der Waals surface area contributed by atoms with E-state index < -0.39 is 35.6 Å². The Morgan fingerprint density at radius 2 is 1.68 bits per heavy atom. The molecule has 0 aromatic heterocycles. The van der Waals surface area contributed by atoms with Crippen molar-refractivity contribution in [2.45, 2.75) is 33.3 Å². The lowest BCUT2D eigenvalue weighted by atomic mass is 9.93. The van der Waals surface area contributed by atoms with Crippen LogP contribution in [0.5, 0.6) is 0 Å². The number of hydrogen-bond acceptors (Lipinski definition) is 8. The highest BCUT2D eigenvalue weighted by Gasteiger charge is 2.50. The van der Waals surface area contributed by atoms with Crippen molar-refractivity contribution in [3.63, 3.8) is 0 Å². The van der Waals surface area contributed by atoms with Crippen LogP contribution in [0.15, 0.2) is 0 Å². The summed E-state index contributed by atoms with van der Waals surface area (Å²) >= 11 is 0. The summed E-state index contributed by atoms with van der Waals surface area (Å²) in [6.45, 7) is 4.99. The molecule has 0 saturated carbocycles. The standard InChI is InChI=1S/C13H19NO8/c1-4-19-9(15)7-8-10(12(16)20-5-2)14(18)22-11(8)13(17)21-6-3/h8,11H,4-7H2,1-3H3/t8-,11-/m1/s1. The first-order chi connectivity index (χ1) is 10.5. The predicted molar refractivity (Wildman–Crippen MR) is 71.5 cm³/mol. The summed E-state index contributed by atoms with van der Waals surface area (Å²) in [5.41, 5.74) is -0.451. The van der Waals surface area contributed by atoms with Crippen LogP contribution in [-0.2, 0) is 33.4 Å². The third-order valence-corrected chi connectivity index (χ3v) is 2.82. The minimum atomic E-state index is -1.39. The lowest BCUT2D eigenvalue weighted by Gasteiger charge is -2.16. The summed E-state index contributed by atoms with van der Waals surface area (Å²) in [5, 5.41) is 11.8. The molecule has 0 aromatic rings. The molecule has 0 fully saturated rings. The van der Waals surface area contributed by atoms with Crippen LogP contribution in [0, 0.1) is 11.1 Å². The Balaban J connectivity index is 3.00. The summed E-state index contributed by atoms with van der Waals surface area (Å²) in [4.78, 5) is 40.0. The van der Waals surface area contributed by atoms with E-state index in [1.165, 1.54) is 0 Å². The Morgan fingerprint density at radius 1 is 1.09 bits per heavy atom. The van der Waals surface area contributed by atoms with Gasteiger partial charge in [0.1, 0.15) is 0 Å². The van der Waals surface area contributed by atoms with Crippen LogP contribution in [0.2, 0.25) is 0 Å². The molecule has 0 bridgehead atoms. The van der Waals surface area contributed by atoms with E-state index in [0.29, 0.717) is 0 Å². The van der Waals surface area contributed by atoms with Crippen molar-refractivity contribution in [2.24, 2.45) is 5.92 Å². The summed E-state index contributed by atoms with van der Waals surface area (Å²) in [6, 6.07) is 0. The second kappa shape index (κ2) is 8.20. The zero-order valence-corrected chi connectivity index (χ0v) is 12.7. The maximum Gasteiger partial charge on any atom is 0.405 e. The first-order valence-electron chi connectivity index (χ1n) is 6.96. The van der Waals surface area contributed by atoms with Crippen molar-refractivity contribution in [1.29, 1.82) is 0 Å². The third-order valence-electron chi connectivity index (χ3n) is 2.82. The van der Waals surface area contributed by atoms with E-state index in [4.69, 9.17) is 19.0 Å². The molecule has 2 atom stereocenters. The molecule has 0 unspecified atom stereocenters. The van der Waals surface area contributed by atoms with E-state index >= 15 is 0 Å². The highest BCUT2D eigenvalue weighted by molar-refractivity contribution is 6.36. The quantitative estimate of drug-likeness (QED) is 0.364. The van der Waals surface area contributed by atoms with E-state index in [1.54, 1.807) is 20.8 Å². The average Bonchev–Trinajstić information content (AvgIpc) is 2.76. The molecule has 0 aromatic carbocycles. The van der Waals surface area contributed by atoms with Crippen molar-refractivity contribution < 1.29 is 38.3 Å². The molecule has 0 amide bonds. The molecule has 1 aliphatic rings. The second-order valence-corrected chi connectivity index (χ2v) is 4.26. The predicted octanol–water partition coefficient (Wildman–Crippen LogP) is -0.0529. The minimum absolute atomic E-state index is 0.0341. The highest BCUT2D eigenvalue weighted by atomic mass is 16.9. The fraction of sp³-hybridized carbons (Fsp3) is 0.692. The molecule has 0 aliphatic carbocycles. The summed E-state index contributed by atoms with van der Waals surface area (Å²) in [6.07, 6.45) is -1.76. The van der Waals surface area contributed by atoms with Gasteiger partial charge in [-0.05, 0) is 20.8 Å². The third kappa shape index (κ3) is 4.09. The zero-order chi connectivity index (χ0) is 16.7. The van der Waals surface area contributed by atoms with Crippen LogP contribution < -0.4 is 0 Å². The summed E-state index contributed by atoms with van der Waals surface area (Å²) in [7, 11) is 0. The fourth-order valence-corrected chi connectivity index (χ4v) is 1.98. The van der Waals surface area contributed by atoms with Crippen molar-refractivity contribution in [3.05, 3.63) is 5.21 Å². The number of carbonyl (C=O) groups excluding carboxylic acids is 3. The van der Waals surface area contributed by atoms with E-state index in [0.717, 1.165) is 0 Å². The molecule has 0 saturated heterocycles. The van der Waals surface area contributed by atoms with Gasteiger partial charge in [0.15, 0.2) is 6.10 Å². The van der Waals surface area contributed by atoms with Crippen LogP contribution in [-0.4, -0.2) is 54.4 Å². The fourth-order valence-electron chi connectivity index (χ4n) is 1.98. The molecule has 0 radical (unpaired) electrons. The number of ether oxygens (including phenoxy) is 3. The molecule has 9 nitrogen and oxygen atoms in total. The highest BCUT2D eigenvalue weighted by Crippen LogP contribution is 2.24. The van der Waals surface area contributed by atoms with E-state index in [2.05, 4.69) is 0 Å². The van der Waals surface area contributed by atoms with Gasteiger partial charge >= 0.3 is 23.6 Å². The summed E-state index contributed by atoms with van der Waals surface area (Å²) in [5.74, 6) is -3.56. The van der Waals surface area contributed by atoms with Gasteiger partial charge in [0.05, 0.1) is 37.1 Å². The Kier molecular flexibility index (Phi) is 6.61. The van der Waals surface area contributed by atoms with Crippen LogP contribution in [0.3, 0.4) is 0 Å². The lowest BCUT2D eigenvalue weighted by Crippen LogP contribution is -2.37. The molecule has 9 heteroatoms. The van der Waals surface area contributed by atoms with Crippen LogP contribution in [0.25, 0.3) is 0 Å². The van der Waals surface area contributed by atoms with Crippen molar-refractivity contribution in [3.8, 4) is 0 Å². The molecule has 1 heterocycles. The molecule has 1 aliphatic heterocycles. The maximum atomic E-state index is 11.8. The van der Waals surface area contributed by atoms with E-state index in [9.17, 15) is 19.6 Å². The molecular weight excluding hydrogens is 298 g/mol. The van der Waals surface area contributed by atoms with Gasteiger partial charge in [0, 0.05) is 0 Å². The Morgan fingerprint density at radius 3 is 2.23 bits per heavy atom. The van der Waals surface area contributed by atoms with Gasteiger partial charge in [-0.2, -0.15) is 0 Å². The minimum Gasteiger partial charge on any atom is -0.466 e. The second-order valence-electron chi connectivity index (χ2n) is 4.26. The van der Waals surface area contributed by atoms with Gasteiger partial charge in [-0.15, -0.1) is 0 Å². The van der Waals surface area contributed by atoms with Crippen molar-refractivity contribution >= 4 is 23.6 Å². The van der Waals surface area contributed by atoms with Crippen LogP contribution in [0.1, 0.15) is 27.2 Å². The molecule has 0 N–H and O–H groups in total. The molecule has 1 rings (SSSR count). The van der Waals surface area contributed by atoms with Gasteiger partial charge in [0.2, 0.25) is 0 Å². The van der Waals surface area contributed by atoms with Gasteiger partial charge in [-0.1, -0.05) is 0 Å². The Bertz CT molecular complexity index is 473. The van der Waals surface area contributed by atoms with Gasteiger partial charge < -0.3 is 19.0 Å². The topological polar surface area (TPSA) is 114 Å². The Labute approximate surface area is 127 Å².